The van der Waals surface area contributed by atoms with Crippen LogP contribution in [0.5, 0.6) is 0 Å². The van der Waals surface area contributed by atoms with Crippen LogP contribution in [0.3, 0.4) is 0 Å². The number of hydrogen-bond acceptors (Lipinski definition) is 4. The average Bonchev–Trinajstić information content (AvgIpc) is 2.36. The molecule has 1 N–H and O–H groups in total. The van der Waals surface area contributed by atoms with E-state index in [9.17, 15) is 9.90 Å². The zero-order chi connectivity index (χ0) is 13.4. The average molecular weight is 316 g/mol. The monoisotopic (exact) mass is 315 g/mol. The lowest BCUT2D eigenvalue weighted by molar-refractivity contribution is -0.144. The molecule has 0 fully saturated rings. The summed E-state index contributed by atoms with van der Waals surface area (Å²) in [6.45, 7) is 2.50. The minimum Gasteiger partial charge on any atom is -0.466 e. The molecule has 0 saturated heterocycles. The van der Waals surface area contributed by atoms with Gasteiger partial charge in [-0.05, 0) is 40.4 Å². The maximum atomic E-state index is 11.4. The molecule has 0 aliphatic rings. The summed E-state index contributed by atoms with van der Waals surface area (Å²) in [6, 6.07) is 1.79. The van der Waals surface area contributed by atoms with E-state index in [1.54, 1.807) is 18.5 Å². The minimum absolute atomic E-state index is 0.220. The number of ether oxygens (including phenoxy) is 1. The predicted molar refractivity (Wildman–Crippen MR) is 72.0 cm³/mol. The number of nitrogens with zero attached hydrogens (tertiary/aromatic N) is 1. The molecule has 1 atom stereocenters. The molecular weight excluding hydrogens is 298 g/mol. The summed E-state index contributed by atoms with van der Waals surface area (Å²) in [5.41, 5.74) is 0.700. The summed E-state index contributed by atoms with van der Waals surface area (Å²) < 4.78 is 5.83. The molecule has 1 rings (SSSR count). The maximum Gasteiger partial charge on any atom is 0.305 e. The molecule has 0 aliphatic heterocycles. The Hall–Kier alpha value is -0.940. The lowest BCUT2D eigenvalue weighted by atomic mass is 10.1. The van der Waals surface area contributed by atoms with Gasteiger partial charge in [0, 0.05) is 23.3 Å². The quantitative estimate of drug-likeness (QED) is 0.620. The van der Waals surface area contributed by atoms with Crippen molar-refractivity contribution >= 4 is 21.9 Å². The minimum atomic E-state index is -0.686. The van der Waals surface area contributed by atoms with Gasteiger partial charge in [-0.25, -0.2) is 0 Å². The predicted octanol–water partition coefficient (Wildman–Crippen LogP) is 3.00. The number of esters is 1. The number of aromatic nitrogens is 1. The number of carbonyl (C=O) groups is 1. The van der Waals surface area contributed by atoms with Crippen LogP contribution >= 0.6 is 15.9 Å². The molecule has 0 saturated carbocycles. The number of aliphatic hydroxyl groups excluding tert-OH is 1. The van der Waals surface area contributed by atoms with Crippen LogP contribution in [-0.2, 0) is 9.53 Å². The molecule has 0 bridgehead atoms. The molecule has 1 unspecified atom stereocenters. The van der Waals surface area contributed by atoms with Gasteiger partial charge in [-0.1, -0.05) is 13.3 Å². The van der Waals surface area contributed by atoms with Crippen LogP contribution in [0.4, 0.5) is 0 Å². The second-order valence-electron chi connectivity index (χ2n) is 4.06. The highest BCUT2D eigenvalue weighted by Gasteiger charge is 2.11. The van der Waals surface area contributed by atoms with Crippen molar-refractivity contribution in [1.29, 1.82) is 0 Å². The fourth-order valence-electron chi connectivity index (χ4n) is 1.43. The Labute approximate surface area is 116 Å². The Morgan fingerprint density at radius 1 is 1.56 bits per heavy atom. The zero-order valence-corrected chi connectivity index (χ0v) is 12.0. The first-order valence-corrected chi connectivity index (χ1v) is 6.87. The van der Waals surface area contributed by atoms with Crippen LogP contribution in [0.2, 0.25) is 0 Å². The standard InChI is InChI=1S/C13H18BrNO3/c1-2-3-6-18-13(17)5-4-12(16)10-7-11(14)9-15-8-10/h7-9,12,16H,2-6H2,1H3. The van der Waals surface area contributed by atoms with Crippen molar-refractivity contribution in [2.24, 2.45) is 0 Å². The molecule has 0 aromatic carbocycles. The van der Waals surface area contributed by atoms with Gasteiger partial charge in [0.2, 0.25) is 0 Å². The highest BCUT2D eigenvalue weighted by molar-refractivity contribution is 9.10. The Morgan fingerprint density at radius 3 is 3.00 bits per heavy atom. The molecule has 0 spiro atoms. The first kappa shape index (κ1) is 15.1. The van der Waals surface area contributed by atoms with E-state index >= 15 is 0 Å². The van der Waals surface area contributed by atoms with Gasteiger partial charge in [0.1, 0.15) is 0 Å². The second kappa shape index (κ2) is 8.21. The first-order chi connectivity index (χ1) is 8.63. The van der Waals surface area contributed by atoms with E-state index < -0.39 is 6.10 Å². The van der Waals surface area contributed by atoms with Gasteiger partial charge in [-0.3, -0.25) is 9.78 Å². The Morgan fingerprint density at radius 2 is 2.33 bits per heavy atom. The third-order valence-electron chi connectivity index (χ3n) is 2.49. The van der Waals surface area contributed by atoms with Crippen LogP contribution in [-0.4, -0.2) is 22.7 Å². The van der Waals surface area contributed by atoms with Gasteiger partial charge in [0.05, 0.1) is 12.7 Å². The lowest BCUT2D eigenvalue weighted by Crippen LogP contribution is -2.08. The van der Waals surface area contributed by atoms with Gasteiger partial charge in [-0.15, -0.1) is 0 Å². The van der Waals surface area contributed by atoms with Crippen LogP contribution < -0.4 is 0 Å². The Balaban J connectivity index is 2.32. The molecule has 5 heteroatoms. The molecule has 18 heavy (non-hydrogen) atoms. The number of rotatable bonds is 7. The summed E-state index contributed by atoms with van der Waals surface area (Å²) in [5.74, 6) is -0.259. The molecule has 4 nitrogen and oxygen atoms in total. The fourth-order valence-corrected chi connectivity index (χ4v) is 1.82. The van der Waals surface area contributed by atoms with Crippen molar-refractivity contribution in [1.82, 2.24) is 4.98 Å². The van der Waals surface area contributed by atoms with E-state index in [4.69, 9.17) is 4.74 Å². The first-order valence-electron chi connectivity index (χ1n) is 6.07. The fraction of sp³-hybridized carbons (Fsp3) is 0.538. The van der Waals surface area contributed by atoms with Crippen molar-refractivity contribution in [3.8, 4) is 0 Å². The van der Waals surface area contributed by atoms with E-state index in [1.165, 1.54) is 0 Å². The molecule has 100 valence electrons. The van der Waals surface area contributed by atoms with Gasteiger partial charge in [0.25, 0.3) is 0 Å². The molecule has 1 aromatic heterocycles. The van der Waals surface area contributed by atoms with E-state index in [0.717, 1.165) is 17.3 Å². The van der Waals surface area contributed by atoms with Crippen molar-refractivity contribution in [2.45, 2.75) is 38.7 Å². The van der Waals surface area contributed by atoms with Crippen LogP contribution in [0.1, 0.15) is 44.3 Å². The SMILES string of the molecule is CCCCOC(=O)CCC(O)c1cncc(Br)c1. The summed E-state index contributed by atoms with van der Waals surface area (Å²) >= 11 is 3.29. The highest BCUT2D eigenvalue weighted by Crippen LogP contribution is 2.20. The molecular formula is C13H18BrNO3. The van der Waals surface area contributed by atoms with Crippen molar-refractivity contribution in [2.75, 3.05) is 6.61 Å². The van der Waals surface area contributed by atoms with E-state index in [-0.39, 0.29) is 12.4 Å². The molecule has 0 radical (unpaired) electrons. The summed E-state index contributed by atoms with van der Waals surface area (Å²) in [4.78, 5) is 15.3. The third kappa shape index (κ3) is 5.60. The van der Waals surface area contributed by atoms with Gasteiger partial charge < -0.3 is 9.84 Å². The van der Waals surface area contributed by atoms with E-state index in [2.05, 4.69) is 20.9 Å². The van der Waals surface area contributed by atoms with Gasteiger partial charge >= 0.3 is 5.97 Å². The molecule has 1 heterocycles. The normalized spacial score (nSPS) is 12.2. The van der Waals surface area contributed by atoms with Crippen molar-refractivity contribution < 1.29 is 14.6 Å². The number of aliphatic hydroxyl groups is 1. The Bertz CT molecular complexity index is 384. The Kier molecular flexibility index (Phi) is 6.90. The summed E-state index contributed by atoms with van der Waals surface area (Å²) in [7, 11) is 0. The largest absolute Gasteiger partial charge is 0.466 e. The third-order valence-corrected chi connectivity index (χ3v) is 2.93. The van der Waals surface area contributed by atoms with Crippen LogP contribution in [0.25, 0.3) is 0 Å². The number of carbonyl (C=O) groups excluding carboxylic acids is 1. The highest BCUT2D eigenvalue weighted by atomic mass is 79.9. The van der Waals surface area contributed by atoms with Crippen molar-refractivity contribution in [3.05, 3.63) is 28.5 Å². The van der Waals surface area contributed by atoms with Crippen LogP contribution in [0.15, 0.2) is 22.9 Å². The van der Waals surface area contributed by atoms with Crippen LogP contribution in [0, 0.1) is 0 Å². The molecule has 1 aromatic rings. The zero-order valence-electron chi connectivity index (χ0n) is 10.4. The molecule has 0 amide bonds. The topological polar surface area (TPSA) is 59.4 Å². The maximum absolute atomic E-state index is 11.4. The number of pyridine rings is 1. The van der Waals surface area contributed by atoms with Gasteiger partial charge in [-0.2, -0.15) is 0 Å². The smallest absolute Gasteiger partial charge is 0.305 e. The van der Waals surface area contributed by atoms with Crippen molar-refractivity contribution in [3.63, 3.8) is 0 Å². The number of unbranched alkanes of at least 4 members (excludes halogenated alkanes) is 1. The number of hydrogen-bond donors (Lipinski definition) is 1. The number of halogens is 1. The summed E-state index contributed by atoms with van der Waals surface area (Å²) in [6.07, 6.45) is 5.01. The van der Waals surface area contributed by atoms with E-state index in [0.29, 0.717) is 18.6 Å². The van der Waals surface area contributed by atoms with E-state index in [1.807, 2.05) is 6.92 Å². The lowest BCUT2D eigenvalue weighted by Gasteiger charge is -2.10. The second-order valence-corrected chi connectivity index (χ2v) is 4.98. The van der Waals surface area contributed by atoms with Gasteiger partial charge in [0.15, 0.2) is 0 Å². The molecule has 0 aliphatic carbocycles. The summed E-state index contributed by atoms with van der Waals surface area (Å²) in [5, 5.41) is 9.90.